The Bertz CT molecular complexity index is 1130. The largest absolute Gasteiger partial charge is 0.497 e. The number of thioether (sulfide) groups is 1. The fourth-order valence-electron chi connectivity index (χ4n) is 4.78. The van der Waals surface area contributed by atoms with Crippen LogP contribution >= 0.6 is 11.8 Å². The van der Waals surface area contributed by atoms with Crippen LogP contribution in [0.15, 0.2) is 71.1 Å². The highest BCUT2D eigenvalue weighted by molar-refractivity contribution is 7.99. The zero-order valence-electron chi connectivity index (χ0n) is 28.4. The number of rotatable bonds is 18. The number of benzene rings is 2. The molecule has 0 aromatic heterocycles. The molecule has 0 amide bonds. The van der Waals surface area contributed by atoms with Gasteiger partial charge in [-0.1, -0.05) is 78.0 Å². The maximum Gasteiger partial charge on any atom is 0.191 e. The predicted octanol–water partition coefficient (Wildman–Crippen LogP) is 9.22. The number of carbonyl (C=O) groups excluding carboxylic acids is 1. The molecule has 0 aliphatic carbocycles. The van der Waals surface area contributed by atoms with Crippen LogP contribution in [0.1, 0.15) is 60.5 Å². The van der Waals surface area contributed by atoms with Gasteiger partial charge >= 0.3 is 0 Å². The molecule has 43 heavy (non-hydrogen) atoms. The van der Waals surface area contributed by atoms with Crippen LogP contribution in [0.25, 0.3) is 0 Å². The molecule has 0 spiro atoms. The molecule has 0 saturated carbocycles. The van der Waals surface area contributed by atoms with Crippen molar-refractivity contribution in [1.82, 2.24) is 0 Å². The first-order valence-corrected chi connectivity index (χ1v) is 19.4. The minimum atomic E-state index is -1.85. The summed E-state index contributed by atoms with van der Waals surface area (Å²) >= 11 is 1.80. The summed E-state index contributed by atoms with van der Waals surface area (Å²) in [5, 5.41) is 0.163. The van der Waals surface area contributed by atoms with E-state index in [4.69, 9.17) is 18.6 Å². The average Bonchev–Trinajstić information content (AvgIpc) is 2.97. The van der Waals surface area contributed by atoms with E-state index in [2.05, 4.69) is 85.0 Å². The molecule has 7 heteroatoms. The SMILES string of the molecule is COc1ccc(CO[C@H]([C@H](C)C[C@H](C)CO[Si](C)(C)C(C)(C)C)[C@H](OC)C(=O)/C(C)=C/[C@@H](C)CSc2ccccc2)cc1. The van der Waals surface area contributed by atoms with Gasteiger partial charge in [-0.15, -0.1) is 11.8 Å². The van der Waals surface area contributed by atoms with Crippen molar-refractivity contribution in [3.8, 4) is 5.75 Å². The molecule has 0 heterocycles. The summed E-state index contributed by atoms with van der Waals surface area (Å²) in [5.74, 6) is 2.30. The lowest BCUT2D eigenvalue weighted by Crippen LogP contribution is -2.44. The highest BCUT2D eigenvalue weighted by Crippen LogP contribution is 2.37. The third kappa shape index (κ3) is 12.2. The van der Waals surface area contributed by atoms with Crippen molar-refractivity contribution in [1.29, 1.82) is 0 Å². The standard InChI is InChI=1S/C36H56O5SSi/c1-26(23-41-43(10,11)36(5,6)7)21-29(4)34(40-24-30-17-19-31(38-8)20-18-30)35(39-9)33(37)28(3)22-27(2)25-42-32-15-13-12-14-16-32/h12-20,22,26-27,29,34-35H,21,23-25H2,1-11H3/b28-22+/t26-,27+,29+,34+,35+/m0/s1. The molecule has 0 aliphatic heterocycles. The van der Waals surface area contributed by atoms with Crippen molar-refractivity contribution in [2.24, 2.45) is 17.8 Å². The zero-order chi connectivity index (χ0) is 32.2. The van der Waals surface area contributed by atoms with Crippen LogP contribution in [0.2, 0.25) is 18.1 Å². The van der Waals surface area contributed by atoms with Gasteiger partial charge in [-0.3, -0.25) is 4.79 Å². The molecule has 2 aromatic rings. The van der Waals surface area contributed by atoms with Crippen molar-refractivity contribution in [2.45, 2.75) is 96.7 Å². The average molecular weight is 629 g/mol. The molecule has 5 nitrogen and oxygen atoms in total. The monoisotopic (exact) mass is 628 g/mol. The number of methoxy groups -OCH3 is 2. The van der Waals surface area contributed by atoms with Gasteiger partial charge < -0.3 is 18.6 Å². The van der Waals surface area contributed by atoms with Gasteiger partial charge in [0.2, 0.25) is 0 Å². The van der Waals surface area contributed by atoms with Crippen LogP contribution in [0, 0.1) is 17.8 Å². The van der Waals surface area contributed by atoms with E-state index in [1.165, 1.54) is 4.90 Å². The molecule has 2 rings (SSSR count). The summed E-state index contributed by atoms with van der Waals surface area (Å²) < 4.78 is 24.3. The summed E-state index contributed by atoms with van der Waals surface area (Å²) in [7, 11) is 1.43. The lowest BCUT2D eigenvalue weighted by molar-refractivity contribution is -0.141. The van der Waals surface area contributed by atoms with Gasteiger partial charge in [0.05, 0.1) is 19.8 Å². The second kappa shape index (κ2) is 17.5. The van der Waals surface area contributed by atoms with E-state index in [1.807, 2.05) is 37.3 Å². The molecule has 0 N–H and O–H groups in total. The smallest absolute Gasteiger partial charge is 0.191 e. The molecule has 0 aliphatic rings. The van der Waals surface area contributed by atoms with E-state index in [-0.39, 0.29) is 22.7 Å². The second-order valence-corrected chi connectivity index (χ2v) is 19.4. The minimum Gasteiger partial charge on any atom is -0.497 e. The Morgan fingerprint density at radius 1 is 0.977 bits per heavy atom. The Labute approximate surface area is 267 Å². The molecule has 0 fully saturated rings. The van der Waals surface area contributed by atoms with Crippen molar-refractivity contribution in [3.63, 3.8) is 0 Å². The lowest BCUT2D eigenvalue weighted by Gasteiger charge is -2.37. The van der Waals surface area contributed by atoms with E-state index in [0.29, 0.717) is 24.7 Å². The van der Waals surface area contributed by atoms with E-state index in [9.17, 15) is 4.79 Å². The number of carbonyl (C=O) groups is 1. The molecular weight excluding hydrogens is 573 g/mol. The molecule has 0 saturated heterocycles. The van der Waals surface area contributed by atoms with Gasteiger partial charge in [-0.25, -0.2) is 0 Å². The first-order valence-electron chi connectivity index (χ1n) is 15.5. The highest BCUT2D eigenvalue weighted by atomic mass is 32.2. The topological polar surface area (TPSA) is 54.0 Å². The van der Waals surface area contributed by atoms with E-state index in [0.717, 1.165) is 23.5 Å². The highest BCUT2D eigenvalue weighted by Gasteiger charge is 2.38. The van der Waals surface area contributed by atoms with Crippen LogP contribution in [-0.4, -0.2) is 52.9 Å². The van der Waals surface area contributed by atoms with Crippen molar-refractivity contribution in [2.75, 3.05) is 26.6 Å². The predicted molar refractivity (Wildman–Crippen MR) is 184 cm³/mol. The molecule has 5 atom stereocenters. The Morgan fingerprint density at radius 3 is 2.16 bits per heavy atom. The van der Waals surface area contributed by atoms with Crippen LogP contribution < -0.4 is 4.74 Å². The van der Waals surface area contributed by atoms with Gasteiger partial charge in [0, 0.05) is 24.4 Å². The molecular formula is C36H56O5SSi. The number of ether oxygens (including phenoxy) is 3. The molecule has 240 valence electrons. The van der Waals surface area contributed by atoms with Crippen LogP contribution in [-0.2, 0) is 25.3 Å². The number of Topliss-reactive ketones (excluding diaryl/α,β-unsaturated/α-hetero) is 1. The van der Waals surface area contributed by atoms with E-state index in [1.54, 1.807) is 26.0 Å². The zero-order valence-corrected chi connectivity index (χ0v) is 30.3. The fourth-order valence-corrected chi connectivity index (χ4v) is 6.82. The molecule has 0 bridgehead atoms. The summed E-state index contributed by atoms with van der Waals surface area (Å²) in [6, 6.07) is 18.2. The maximum atomic E-state index is 13.9. The first kappa shape index (κ1) is 37.3. The third-order valence-corrected chi connectivity index (χ3v) is 14.3. The lowest BCUT2D eigenvalue weighted by atomic mass is 9.87. The Morgan fingerprint density at radius 2 is 1.60 bits per heavy atom. The molecule has 0 radical (unpaired) electrons. The first-order chi connectivity index (χ1) is 20.2. The van der Waals surface area contributed by atoms with Gasteiger partial charge in [0.25, 0.3) is 0 Å². The van der Waals surface area contributed by atoms with Crippen LogP contribution in [0.5, 0.6) is 5.75 Å². The summed E-state index contributed by atoms with van der Waals surface area (Å²) in [6.45, 7) is 20.9. The minimum absolute atomic E-state index is 0.0178. The molecule has 2 aromatic carbocycles. The van der Waals surface area contributed by atoms with Crippen molar-refractivity contribution in [3.05, 3.63) is 71.8 Å². The Kier molecular flexibility index (Phi) is 15.2. The van der Waals surface area contributed by atoms with Crippen LogP contribution in [0.4, 0.5) is 0 Å². The van der Waals surface area contributed by atoms with E-state index >= 15 is 0 Å². The Hall–Kier alpha value is -1.90. The Balaban J connectivity index is 2.18. The number of hydrogen-bond acceptors (Lipinski definition) is 6. The summed E-state index contributed by atoms with van der Waals surface area (Å²) in [4.78, 5) is 15.1. The van der Waals surface area contributed by atoms with Crippen molar-refractivity contribution >= 4 is 25.9 Å². The fraction of sp³-hybridized carbons (Fsp3) is 0.583. The van der Waals surface area contributed by atoms with E-state index < -0.39 is 20.5 Å². The number of ketones is 1. The van der Waals surface area contributed by atoms with Crippen molar-refractivity contribution < 1.29 is 23.4 Å². The van der Waals surface area contributed by atoms with Crippen LogP contribution in [0.3, 0.4) is 0 Å². The van der Waals surface area contributed by atoms with Gasteiger partial charge in [-0.2, -0.15) is 0 Å². The van der Waals surface area contributed by atoms with Gasteiger partial charge in [0.1, 0.15) is 11.9 Å². The number of hydrogen-bond donors (Lipinski definition) is 0. The summed E-state index contributed by atoms with van der Waals surface area (Å²) in [6.07, 6.45) is 1.83. The number of allylic oxidation sites excluding steroid dienone is 1. The maximum absolute atomic E-state index is 13.9. The quantitative estimate of drug-likeness (QED) is 0.0932. The third-order valence-electron chi connectivity index (χ3n) is 8.46. The summed E-state index contributed by atoms with van der Waals surface area (Å²) in [5.41, 5.74) is 1.74. The normalized spacial score (nSPS) is 16.3. The molecule has 0 unspecified atom stereocenters. The van der Waals surface area contributed by atoms with Gasteiger partial charge in [-0.05, 0) is 84.6 Å². The second-order valence-electron chi connectivity index (χ2n) is 13.5. The van der Waals surface area contributed by atoms with Gasteiger partial charge in [0.15, 0.2) is 14.1 Å².